The van der Waals surface area contributed by atoms with Crippen molar-refractivity contribution in [1.29, 1.82) is 0 Å². The number of carbonyl (C=O) groups is 1. The van der Waals surface area contributed by atoms with E-state index in [0.29, 0.717) is 16.8 Å². The lowest BCUT2D eigenvalue weighted by molar-refractivity contribution is -0.123. The summed E-state index contributed by atoms with van der Waals surface area (Å²) in [6, 6.07) is 0.450. The highest BCUT2D eigenvalue weighted by atomic mass is 79.9. The standard InChI is InChI=1S/C12H20BrNO/c13-10-4-6-11(7-5-10)14-12(15)8-9-2-1-3-9/h9-11H,1-8H2,(H,14,15). The topological polar surface area (TPSA) is 29.1 Å². The minimum absolute atomic E-state index is 0.290. The number of rotatable bonds is 3. The zero-order valence-corrected chi connectivity index (χ0v) is 10.8. The number of hydrogen-bond acceptors (Lipinski definition) is 1. The van der Waals surface area contributed by atoms with Crippen LogP contribution in [0.15, 0.2) is 0 Å². The van der Waals surface area contributed by atoms with Crippen molar-refractivity contribution < 1.29 is 4.79 Å². The van der Waals surface area contributed by atoms with Crippen molar-refractivity contribution in [2.75, 3.05) is 0 Å². The van der Waals surface area contributed by atoms with Crippen molar-refractivity contribution in [1.82, 2.24) is 5.32 Å². The maximum atomic E-state index is 11.7. The van der Waals surface area contributed by atoms with Gasteiger partial charge in [-0.2, -0.15) is 0 Å². The second-order valence-corrected chi connectivity index (χ2v) is 6.31. The summed E-state index contributed by atoms with van der Waals surface area (Å²) in [7, 11) is 0. The van der Waals surface area contributed by atoms with E-state index in [-0.39, 0.29) is 5.91 Å². The van der Waals surface area contributed by atoms with Crippen LogP contribution >= 0.6 is 15.9 Å². The lowest BCUT2D eigenvalue weighted by Crippen LogP contribution is -2.39. The van der Waals surface area contributed by atoms with Gasteiger partial charge in [-0.15, -0.1) is 0 Å². The van der Waals surface area contributed by atoms with Gasteiger partial charge in [0.05, 0.1) is 0 Å². The predicted molar refractivity (Wildman–Crippen MR) is 65.1 cm³/mol. The summed E-state index contributed by atoms with van der Waals surface area (Å²) in [6.45, 7) is 0. The number of carbonyl (C=O) groups excluding carboxylic acids is 1. The minimum atomic E-state index is 0.290. The Morgan fingerprint density at radius 1 is 1.13 bits per heavy atom. The summed E-state index contributed by atoms with van der Waals surface area (Å²) in [4.78, 5) is 12.4. The van der Waals surface area contributed by atoms with Crippen molar-refractivity contribution >= 4 is 21.8 Å². The quantitative estimate of drug-likeness (QED) is 0.787. The average Bonchev–Trinajstić information content (AvgIpc) is 2.16. The molecule has 15 heavy (non-hydrogen) atoms. The monoisotopic (exact) mass is 273 g/mol. The Morgan fingerprint density at radius 3 is 2.33 bits per heavy atom. The van der Waals surface area contributed by atoms with Gasteiger partial charge in [0.15, 0.2) is 0 Å². The number of nitrogens with one attached hydrogen (secondary N) is 1. The average molecular weight is 274 g/mol. The molecular weight excluding hydrogens is 254 g/mol. The van der Waals surface area contributed by atoms with Gasteiger partial charge in [-0.05, 0) is 44.4 Å². The van der Waals surface area contributed by atoms with Gasteiger partial charge in [0.2, 0.25) is 5.91 Å². The normalized spacial score (nSPS) is 32.1. The molecule has 2 nitrogen and oxygen atoms in total. The van der Waals surface area contributed by atoms with Gasteiger partial charge in [-0.25, -0.2) is 0 Å². The Bertz CT molecular complexity index is 220. The van der Waals surface area contributed by atoms with Crippen LogP contribution < -0.4 is 5.32 Å². The lowest BCUT2D eigenvalue weighted by Gasteiger charge is -2.28. The first-order chi connectivity index (χ1) is 7.24. The van der Waals surface area contributed by atoms with Crippen LogP contribution in [0.4, 0.5) is 0 Å². The molecule has 0 heterocycles. The second kappa shape index (κ2) is 5.33. The Kier molecular flexibility index (Phi) is 4.06. The molecule has 2 aliphatic carbocycles. The fourth-order valence-electron chi connectivity index (χ4n) is 2.44. The van der Waals surface area contributed by atoms with E-state index in [1.807, 2.05) is 0 Å². The van der Waals surface area contributed by atoms with Crippen LogP contribution in [0.2, 0.25) is 0 Å². The fraction of sp³-hybridized carbons (Fsp3) is 0.917. The highest BCUT2D eigenvalue weighted by Gasteiger charge is 2.24. The molecule has 0 aliphatic heterocycles. The molecule has 2 aliphatic rings. The summed E-state index contributed by atoms with van der Waals surface area (Å²) in [5.41, 5.74) is 0. The molecule has 0 aromatic heterocycles. The van der Waals surface area contributed by atoms with E-state index in [1.54, 1.807) is 0 Å². The summed E-state index contributed by atoms with van der Waals surface area (Å²) < 4.78 is 0. The van der Waals surface area contributed by atoms with E-state index >= 15 is 0 Å². The van der Waals surface area contributed by atoms with E-state index < -0.39 is 0 Å². The van der Waals surface area contributed by atoms with E-state index in [9.17, 15) is 4.79 Å². The van der Waals surface area contributed by atoms with Crippen molar-refractivity contribution in [3.63, 3.8) is 0 Å². The SMILES string of the molecule is O=C(CC1CCC1)NC1CCC(Br)CC1. The first-order valence-electron chi connectivity index (χ1n) is 6.17. The zero-order chi connectivity index (χ0) is 10.7. The van der Waals surface area contributed by atoms with Crippen molar-refractivity contribution in [2.24, 2.45) is 5.92 Å². The van der Waals surface area contributed by atoms with Gasteiger partial charge in [0.25, 0.3) is 0 Å². The largest absolute Gasteiger partial charge is 0.353 e. The maximum absolute atomic E-state index is 11.7. The van der Waals surface area contributed by atoms with Crippen molar-refractivity contribution in [3.05, 3.63) is 0 Å². The molecule has 0 aromatic carbocycles. The lowest BCUT2D eigenvalue weighted by atomic mass is 9.82. The van der Waals surface area contributed by atoms with Crippen LogP contribution in [0, 0.1) is 5.92 Å². The summed E-state index contributed by atoms with van der Waals surface area (Å²) in [5, 5.41) is 3.18. The summed E-state index contributed by atoms with van der Waals surface area (Å²) in [5.74, 6) is 0.982. The van der Waals surface area contributed by atoms with Crippen LogP contribution in [-0.2, 0) is 4.79 Å². The van der Waals surface area contributed by atoms with E-state index in [0.717, 1.165) is 19.3 Å². The van der Waals surface area contributed by atoms with E-state index in [2.05, 4.69) is 21.2 Å². The molecule has 0 spiro atoms. The Labute approximate surface area is 100 Å². The minimum Gasteiger partial charge on any atom is -0.353 e. The molecule has 0 saturated heterocycles. The Balaban J connectivity index is 1.64. The second-order valence-electron chi connectivity index (χ2n) is 5.02. The van der Waals surface area contributed by atoms with Crippen LogP contribution in [0.25, 0.3) is 0 Å². The third-order valence-corrected chi connectivity index (χ3v) is 4.64. The third kappa shape index (κ3) is 3.47. The number of hydrogen-bond donors (Lipinski definition) is 1. The van der Waals surface area contributed by atoms with Crippen LogP contribution in [0.3, 0.4) is 0 Å². The van der Waals surface area contributed by atoms with Crippen LogP contribution in [-0.4, -0.2) is 16.8 Å². The molecule has 0 bridgehead atoms. The molecule has 0 aromatic rings. The van der Waals surface area contributed by atoms with E-state index in [4.69, 9.17) is 0 Å². The highest BCUT2D eigenvalue weighted by molar-refractivity contribution is 9.09. The van der Waals surface area contributed by atoms with Gasteiger partial charge < -0.3 is 5.32 Å². The molecule has 2 rings (SSSR count). The molecular formula is C12H20BrNO. The number of amides is 1. The zero-order valence-electron chi connectivity index (χ0n) is 9.18. The number of alkyl halides is 1. The van der Waals surface area contributed by atoms with Crippen LogP contribution in [0.5, 0.6) is 0 Å². The first-order valence-corrected chi connectivity index (χ1v) is 7.09. The van der Waals surface area contributed by atoms with Crippen molar-refractivity contribution in [3.8, 4) is 0 Å². The predicted octanol–water partition coefficient (Wildman–Crippen LogP) is 3.00. The molecule has 0 unspecified atom stereocenters. The third-order valence-electron chi connectivity index (χ3n) is 3.72. The smallest absolute Gasteiger partial charge is 0.220 e. The van der Waals surface area contributed by atoms with Gasteiger partial charge in [0, 0.05) is 17.3 Å². The molecule has 1 amide bonds. The molecule has 1 N–H and O–H groups in total. The van der Waals surface area contributed by atoms with Crippen molar-refractivity contribution in [2.45, 2.75) is 62.2 Å². The molecule has 2 fully saturated rings. The molecule has 0 radical (unpaired) electrons. The van der Waals surface area contributed by atoms with Gasteiger partial charge in [-0.3, -0.25) is 4.79 Å². The Morgan fingerprint density at radius 2 is 1.80 bits per heavy atom. The molecule has 3 heteroatoms. The van der Waals surface area contributed by atoms with Gasteiger partial charge >= 0.3 is 0 Å². The summed E-state index contributed by atoms with van der Waals surface area (Å²) in [6.07, 6.45) is 9.32. The Hall–Kier alpha value is -0.0500. The fourth-order valence-corrected chi connectivity index (χ4v) is 2.97. The highest BCUT2D eigenvalue weighted by Crippen LogP contribution is 2.29. The van der Waals surface area contributed by atoms with Gasteiger partial charge in [-0.1, -0.05) is 22.4 Å². The summed E-state index contributed by atoms with van der Waals surface area (Å²) >= 11 is 3.63. The van der Waals surface area contributed by atoms with Crippen LogP contribution in [0.1, 0.15) is 51.4 Å². The first kappa shape index (κ1) is 11.4. The van der Waals surface area contributed by atoms with E-state index in [1.165, 1.54) is 32.1 Å². The number of halogens is 1. The molecule has 86 valence electrons. The molecule has 2 saturated carbocycles. The molecule has 0 atom stereocenters. The van der Waals surface area contributed by atoms with Gasteiger partial charge in [0.1, 0.15) is 0 Å². The maximum Gasteiger partial charge on any atom is 0.220 e.